The van der Waals surface area contributed by atoms with E-state index in [4.69, 9.17) is 0 Å². The SMILES string of the molecule is CC(C)c1c(-c2cc(CO)c3ncnn3c2)[nH]c2ccc(C3CCN(CC(=O)N(C)C)CC3)cc12. The number of amides is 1. The molecule has 4 aromatic rings. The Hall–Kier alpha value is -3.23. The summed E-state index contributed by atoms with van der Waals surface area (Å²) in [4.78, 5) is 23.9. The van der Waals surface area contributed by atoms with Crippen molar-refractivity contribution in [3.63, 3.8) is 0 Å². The van der Waals surface area contributed by atoms with Crippen LogP contribution < -0.4 is 0 Å². The molecule has 0 aliphatic carbocycles. The molecule has 0 spiro atoms. The van der Waals surface area contributed by atoms with Crippen LogP contribution in [0.4, 0.5) is 0 Å². The first-order valence-electron chi connectivity index (χ1n) is 12.4. The van der Waals surface area contributed by atoms with Gasteiger partial charge >= 0.3 is 0 Å². The van der Waals surface area contributed by atoms with Crippen LogP contribution >= 0.6 is 0 Å². The molecule has 2 N–H and O–H groups in total. The second-order valence-corrected chi connectivity index (χ2v) is 10.2. The zero-order valence-electron chi connectivity index (χ0n) is 21.0. The number of nitrogens with one attached hydrogen (secondary N) is 1. The highest BCUT2D eigenvalue weighted by Gasteiger charge is 2.24. The van der Waals surface area contributed by atoms with E-state index in [0.29, 0.717) is 24.0 Å². The molecule has 0 atom stereocenters. The number of pyridine rings is 1. The summed E-state index contributed by atoms with van der Waals surface area (Å²) in [5, 5.41) is 15.5. The third-order valence-electron chi connectivity index (χ3n) is 7.27. The highest BCUT2D eigenvalue weighted by atomic mass is 16.3. The zero-order chi connectivity index (χ0) is 24.7. The van der Waals surface area contributed by atoms with E-state index in [-0.39, 0.29) is 12.5 Å². The number of aromatic amines is 1. The molecular weight excluding hydrogens is 440 g/mol. The van der Waals surface area contributed by atoms with E-state index in [0.717, 1.165) is 48.3 Å². The molecule has 1 aromatic carbocycles. The van der Waals surface area contributed by atoms with Crippen LogP contribution in [0, 0.1) is 0 Å². The number of nitrogens with zero attached hydrogens (tertiary/aromatic N) is 5. The van der Waals surface area contributed by atoms with Gasteiger partial charge in [0.05, 0.1) is 18.8 Å². The number of likely N-dealkylation sites (N-methyl/N-ethyl adjacent to an activating group) is 1. The van der Waals surface area contributed by atoms with E-state index < -0.39 is 0 Å². The van der Waals surface area contributed by atoms with Crippen molar-refractivity contribution in [2.24, 2.45) is 0 Å². The van der Waals surface area contributed by atoms with Gasteiger partial charge in [0.2, 0.25) is 5.91 Å². The van der Waals surface area contributed by atoms with Gasteiger partial charge in [-0.25, -0.2) is 9.50 Å². The average Bonchev–Trinajstić information content (AvgIpc) is 3.48. The van der Waals surface area contributed by atoms with Crippen molar-refractivity contribution < 1.29 is 9.90 Å². The predicted molar refractivity (Wildman–Crippen MR) is 137 cm³/mol. The molecule has 1 amide bonds. The van der Waals surface area contributed by atoms with E-state index in [1.54, 1.807) is 9.42 Å². The molecule has 4 heterocycles. The van der Waals surface area contributed by atoms with Gasteiger partial charge in [0.15, 0.2) is 5.65 Å². The molecule has 0 bridgehead atoms. The Bertz CT molecular complexity index is 1360. The number of hydrogen-bond donors (Lipinski definition) is 2. The molecule has 1 saturated heterocycles. The van der Waals surface area contributed by atoms with Crippen molar-refractivity contribution in [2.75, 3.05) is 33.7 Å². The summed E-state index contributed by atoms with van der Waals surface area (Å²) in [6.07, 6.45) is 5.61. The van der Waals surface area contributed by atoms with Gasteiger partial charge in [0.25, 0.3) is 0 Å². The maximum Gasteiger partial charge on any atom is 0.236 e. The van der Waals surface area contributed by atoms with Gasteiger partial charge in [0.1, 0.15) is 6.33 Å². The molecule has 8 heteroatoms. The number of aliphatic hydroxyl groups is 1. The lowest BCUT2D eigenvalue weighted by Crippen LogP contribution is -2.40. The zero-order valence-corrected chi connectivity index (χ0v) is 21.0. The van der Waals surface area contributed by atoms with E-state index >= 15 is 0 Å². The van der Waals surface area contributed by atoms with Crippen LogP contribution in [0.15, 0.2) is 36.8 Å². The van der Waals surface area contributed by atoms with Crippen molar-refractivity contribution in [3.8, 4) is 11.3 Å². The van der Waals surface area contributed by atoms with Gasteiger partial charge in [-0.2, -0.15) is 5.10 Å². The average molecular weight is 475 g/mol. The number of likely N-dealkylation sites (tertiary alicyclic amines) is 1. The number of aliphatic hydroxyl groups excluding tert-OH is 1. The van der Waals surface area contributed by atoms with E-state index in [2.05, 4.69) is 52.0 Å². The summed E-state index contributed by atoms with van der Waals surface area (Å²) >= 11 is 0. The van der Waals surface area contributed by atoms with Crippen molar-refractivity contribution in [2.45, 2.75) is 45.1 Å². The molecule has 0 unspecified atom stereocenters. The molecule has 1 aliphatic rings. The van der Waals surface area contributed by atoms with Gasteiger partial charge in [-0.05, 0) is 67.1 Å². The van der Waals surface area contributed by atoms with Crippen LogP contribution in [0.5, 0.6) is 0 Å². The van der Waals surface area contributed by atoms with Crippen LogP contribution in [0.25, 0.3) is 27.8 Å². The second kappa shape index (κ2) is 9.43. The Morgan fingerprint density at radius 1 is 1.23 bits per heavy atom. The molecule has 3 aromatic heterocycles. The molecule has 184 valence electrons. The summed E-state index contributed by atoms with van der Waals surface area (Å²) in [6.45, 7) is 6.75. The number of hydrogen-bond acceptors (Lipinski definition) is 5. The number of H-pyrrole nitrogens is 1. The summed E-state index contributed by atoms with van der Waals surface area (Å²) in [6, 6.07) is 8.81. The molecule has 0 saturated carbocycles. The lowest BCUT2D eigenvalue weighted by molar-refractivity contribution is -0.130. The lowest BCUT2D eigenvalue weighted by Gasteiger charge is -2.32. The second-order valence-electron chi connectivity index (χ2n) is 10.2. The Kier molecular flexibility index (Phi) is 6.34. The number of carbonyl (C=O) groups excluding carboxylic acids is 1. The normalized spacial score (nSPS) is 15.5. The minimum Gasteiger partial charge on any atom is -0.392 e. The first kappa shape index (κ1) is 23.5. The standard InChI is InChI=1S/C27H34N6O2/c1-17(2)25-22-12-19(18-7-9-32(10-8-18)14-24(35)31(3)4)5-6-23(22)30-26(25)20-11-21(15-34)27-28-16-29-33(27)13-20/h5-6,11-13,16-18,30,34H,7-10,14-15H2,1-4H3. The topological polar surface area (TPSA) is 89.8 Å². The van der Waals surface area contributed by atoms with Crippen molar-refractivity contribution in [1.82, 2.24) is 29.4 Å². The van der Waals surface area contributed by atoms with Crippen molar-refractivity contribution >= 4 is 22.5 Å². The van der Waals surface area contributed by atoms with Crippen molar-refractivity contribution in [3.05, 3.63) is 53.5 Å². The third-order valence-corrected chi connectivity index (χ3v) is 7.27. The van der Waals surface area contributed by atoms with Gasteiger partial charge < -0.3 is 15.0 Å². The van der Waals surface area contributed by atoms with Crippen LogP contribution in [-0.4, -0.2) is 74.1 Å². The number of aromatic nitrogens is 4. The summed E-state index contributed by atoms with van der Waals surface area (Å²) < 4.78 is 1.73. The maximum absolute atomic E-state index is 12.1. The Balaban J connectivity index is 1.47. The highest BCUT2D eigenvalue weighted by molar-refractivity contribution is 5.92. The minimum absolute atomic E-state index is 0.0870. The van der Waals surface area contributed by atoms with Gasteiger partial charge in [-0.15, -0.1) is 0 Å². The maximum atomic E-state index is 12.1. The molecular formula is C27H34N6O2. The smallest absolute Gasteiger partial charge is 0.236 e. The fourth-order valence-corrected chi connectivity index (χ4v) is 5.32. The monoisotopic (exact) mass is 474 g/mol. The van der Waals surface area contributed by atoms with Crippen molar-refractivity contribution in [1.29, 1.82) is 0 Å². The minimum atomic E-state index is -0.0870. The predicted octanol–water partition coefficient (Wildman–Crippen LogP) is 3.76. The van der Waals surface area contributed by atoms with Crippen LogP contribution in [0.3, 0.4) is 0 Å². The summed E-state index contributed by atoms with van der Waals surface area (Å²) in [7, 11) is 3.63. The van der Waals surface area contributed by atoms with Crippen LogP contribution in [0.2, 0.25) is 0 Å². The van der Waals surface area contributed by atoms with E-state index in [1.807, 2.05) is 26.4 Å². The molecule has 8 nitrogen and oxygen atoms in total. The van der Waals surface area contributed by atoms with Crippen LogP contribution in [0.1, 0.15) is 55.2 Å². The summed E-state index contributed by atoms with van der Waals surface area (Å²) in [5.74, 6) is 0.979. The highest BCUT2D eigenvalue weighted by Crippen LogP contribution is 2.38. The third kappa shape index (κ3) is 4.44. The first-order chi connectivity index (χ1) is 16.9. The fourth-order valence-electron chi connectivity index (χ4n) is 5.32. The van der Waals surface area contributed by atoms with Gasteiger partial charge in [0, 0.05) is 42.3 Å². The first-order valence-corrected chi connectivity index (χ1v) is 12.4. The Morgan fingerprint density at radius 3 is 2.69 bits per heavy atom. The quantitative estimate of drug-likeness (QED) is 0.444. The number of fused-ring (bicyclic) bond motifs is 2. The van der Waals surface area contributed by atoms with Gasteiger partial charge in [-0.3, -0.25) is 9.69 Å². The number of piperidine rings is 1. The van der Waals surface area contributed by atoms with Crippen LogP contribution in [-0.2, 0) is 11.4 Å². The number of carbonyl (C=O) groups is 1. The molecule has 5 rings (SSSR count). The van der Waals surface area contributed by atoms with E-state index in [9.17, 15) is 9.90 Å². The largest absolute Gasteiger partial charge is 0.392 e. The Morgan fingerprint density at radius 2 is 2.00 bits per heavy atom. The molecule has 0 radical (unpaired) electrons. The fraction of sp³-hybridized carbons (Fsp3) is 0.444. The van der Waals surface area contributed by atoms with E-state index in [1.165, 1.54) is 22.8 Å². The lowest BCUT2D eigenvalue weighted by atomic mass is 9.87. The number of rotatable bonds is 6. The molecule has 35 heavy (non-hydrogen) atoms. The summed E-state index contributed by atoms with van der Waals surface area (Å²) in [5.41, 5.74) is 7.26. The molecule has 1 fully saturated rings. The molecule has 1 aliphatic heterocycles. The van der Waals surface area contributed by atoms with Gasteiger partial charge in [-0.1, -0.05) is 19.9 Å². The number of benzene rings is 1. The Labute approximate surface area is 205 Å².